The second-order valence-electron chi connectivity index (χ2n) is 5.75. The van der Waals surface area contributed by atoms with Crippen LogP contribution in [-0.4, -0.2) is 31.2 Å². The van der Waals surface area contributed by atoms with Gasteiger partial charge in [0.25, 0.3) is 0 Å². The second kappa shape index (κ2) is 5.69. The molecule has 5 heteroatoms. The molecule has 0 unspecified atom stereocenters. The van der Waals surface area contributed by atoms with Crippen LogP contribution in [0.25, 0.3) is 0 Å². The van der Waals surface area contributed by atoms with E-state index >= 15 is 0 Å². The first-order chi connectivity index (χ1) is 9.49. The van der Waals surface area contributed by atoms with Gasteiger partial charge in [-0.25, -0.2) is 9.78 Å². The minimum Gasteiger partial charge on any atom is -0.464 e. The Hall–Kier alpha value is -1.78. The molecule has 5 nitrogen and oxygen atoms in total. The van der Waals surface area contributed by atoms with E-state index in [-0.39, 0.29) is 0 Å². The standard InChI is InChI=1S/C15H23N3O2/c1-4-15(2)7-9-18(10-8-15)13-11(16)5-6-12(17-13)14(19)20-3/h5-6H,4,7-10,16H2,1-3H3. The van der Waals surface area contributed by atoms with Crippen molar-refractivity contribution in [3.63, 3.8) is 0 Å². The first-order valence-corrected chi connectivity index (χ1v) is 7.09. The van der Waals surface area contributed by atoms with Gasteiger partial charge in [-0.05, 0) is 30.4 Å². The topological polar surface area (TPSA) is 68.5 Å². The van der Waals surface area contributed by atoms with Crippen molar-refractivity contribution >= 4 is 17.5 Å². The summed E-state index contributed by atoms with van der Waals surface area (Å²) >= 11 is 0. The number of carbonyl (C=O) groups excluding carboxylic acids is 1. The van der Waals surface area contributed by atoms with Gasteiger partial charge in [0.1, 0.15) is 0 Å². The SMILES string of the molecule is CCC1(C)CCN(c2nc(C(=O)OC)ccc2N)CC1. The molecule has 0 bridgehead atoms. The Morgan fingerprint density at radius 1 is 1.45 bits per heavy atom. The quantitative estimate of drug-likeness (QED) is 0.860. The van der Waals surface area contributed by atoms with Crippen molar-refractivity contribution in [1.82, 2.24) is 4.98 Å². The molecule has 110 valence electrons. The van der Waals surface area contributed by atoms with E-state index < -0.39 is 5.97 Å². The third-order valence-corrected chi connectivity index (χ3v) is 4.42. The number of pyridine rings is 1. The van der Waals surface area contributed by atoms with Gasteiger partial charge in [-0.1, -0.05) is 20.3 Å². The van der Waals surface area contributed by atoms with E-state index in [2.05, 4.69) is 23.7 Å². The van der Waals surface area contributed by atoms with Crippen LogP contribution >= 0.6 is 0 Å². The van der Waals surface area contributed by atoms with Crippen LogP contribution in [0.2, 0.25) is 0 Å². The molecule has 1 aliphatic heterocycles. The predicted octanol–water partition coefficient (Wildman–Crippen LogP) is 2.47. The molecule has 1 fully saturated rings. The number of carbonyl (C=O) groups is 1. The van der Waals surface area contributed by atoms with Crippen LogP contribution < -0.4 is 10.6 Å². The summed E-state index contributed by atoms with van der Waals surface area (Å²) in [4.78, 5) is 18.1. The van der Waals surface area contributed by atoms with Crippen LogP contribution in [0.15, 0.2) is 12.1 Å². The molecule has 0 atom stereocenters. The van der Waals surface area contributed by atoms with Crippen LogP contribution in [0.4, 0.5) is 11.5 Å². The summed E-state index contributed by atoms with van der Waals surface area (Å²) in [6.45, 7) is 6.41. The van der Waals surface area contributed by atoms with Crippen LogP contribution in [-0.2, 0) is 4.74 Å². The number of aromatic nitrogens is 1. The smallest absolute Gasteiger partial charge is 0.356 e. The molecule has 2 heterocycles. The fraction of sp³-hybridized carbons (Fsp3) is 0.600. The monoisotopic (exact) mass is 277 g/mol. The molecule has 2 N–H and O–H groups in total. The Kier molecular flexibility index (Phi) is 4.16. The second-order valence-corrected chi connectivity index (χ2v) is 5.75. The number of nitrogens with zero attached hydrogens (tertiary/aromatic N) is 2. The van der Waals surface area contributed by atoms with Crippen LogP contribution in [0, 0.1) is 5.41 Å². The highest BCUT2D eigenvalue weighted by Crippen LogP contribution is 2.36. The lowest BCUT2D eigenvalue weighted by Gasteiger charge is -2.39. The lowest BCUT2D eigenvalue weighted by Crippen LogP contribution is -2.39. The number of hydrogen-bond donors (Lipinski definition) is 1. The Morgan fingerprint density at radius 2 is 2.10 bits per heavy atom. The van der Waals surface area contributed by atoms with Gasteiger partial charge in [-0.15, -0.1) is 0 Å². The third-order valence-electron chi connectivity index (χ3n) is 4.42. The molecule has 2 rings (SSSR count). The molecule has 1 saturated heterocycles. The Labute approximate surface area is 120 Å². The Morgan fingerprint density at radius 3 is 2.65 bits per heavy atom. The summed E-state index contributed by atoms with van der Waals surface area (Å²) in [6, 6.07) is 3.33. The van der Waals surface area contributed by atoms with E-state index in [1.807, 2.05) is 0 Å². The fourth-order valence-corrected chi connectivity index (χ4v) is 2.54. The van der Waals surface area contributed by atoms with Crippen LogP contribution in [0.3, 0.4) is 0 Å². The van der Waals surface area contributed by atoms with E-state index in [0.29, 0.717) is 22.6 Å². The number of nitrogen functional groups attached to an aromatic ring is 1. The molecule has 1 aromatic heterocycles. The highest BCUT2D eigenvalue weighted by atomic mass is 16.5. The first-order valence-electron chi connectivity index (χ1n) is 7.09. The lowest BCUT2D eigenvalue weighted by molar-refractivity contribution is 0.0594. The molecule has 1 aliphatic rings. The molecule has 0 saturated carbocycles. The zero-order chi connectivity index (χ0) is 14.8. The minimum atomic E-state index is -0.429. The van der Waals surface area contributed by atoms with Gasteiger partial charge in [0.05, 0.1) is 12.8 Å². The molecule has 0 amide bonds. The van der Waals surface area contributed by atoms with Gasteiger partial charge < -0.3 is 15.4 Å². The number of anilines is 2. The van der Waals surface area contributed by atoms with Crippen molar-refractivity contribution < 1.29 is 9.53 Å². The number of methoxy groups -OCH3 is 1. The van der Waals surface area contributed by atoms with E-state index in [1.54, 1.807) is 12.1 Å². The van der Waals surface area contributed by atoms with Crippen molar-refractivity contribution in [2.24, 2.45) is 5.41 Å². The average molecular weight is 277 g/mol. The molecular weight excluding hydrogens is 254 g/mol. The summed E-state index contributed by atoms with van der Waals surface area (Å²) in [7, 11) is 1.35. The summed E-state index contributed by atoms with van der Waals surface area (Å²) in [6.07, 6.45) is 3.42. The number of hydrogen-bond acceptors (Lipinski definition) is 5. The van der Waals surface area contributed by atoms with Crippen molar-refractivity contribution in [1.29, 1.82) is 0 Å². The van der Waals surface area contributed by atoms with Crippen molar-refractivity contribution in [2.75, 3.05) is 30.8 Å². The largest absolute Gasteiger partial charge is 0.464 e. The normalized spacial score (nSPS) is 17.9. The minimum absolute atomic E-state index is 0.306. The highest BCUT2D eigenvalue weighted by Gasteiger charge is 2.29. The zero-order valence-electron chi connectivity index (χ0n) is 12.5. The summed E-state index contributed by atoms with van der Waals surface area (Å²) in [5.41, 5.74) is 7.33. The number of esters is 1. The summed E-state index contributed by atoms with van der Waals surface area (Å²) < 4.78 is 4.71. The predicted molar refractivity (Wildman–Crippen MR) is 79.8 cm³/mol. The van der Waals surface area contributed by atoms with E-state index in [0.717, 1.165) is 25.9 Å². The van der Waals surface area contributed by atoms with Crippen molar-refractivity contribution in [3.05, 3.63) is 17.8 Å². The number of piperidine rings is 1. The molecule has 1 aromatic rings. The number of rotatable bonds is 3. The van der Waals surface area contributed by atoms with Gasteiger partial charge in [0.2, 0.25) is 0 Å². The van der Waals surface area contributed by atoms with E-state index in [1.165, 1.54) is 13.5 Å². The van der Waals surface area contributed by atoms with Gasteiger partial charge in [0.15, 0.2) is 11.5 Å². The maximum Gasteiger partial charge on any atom is 0.356 e. The highest BCUT2D eigenvalue weighted by molar-refractivity contribution is 5.88. The van der Waals surface area contributed by atoms with Crippen molar-refractivity contribution in [2.45, 2.75) is 33.1 Å². The Bertz CT molecular complexity index is 494. The van der Waals surface area contributed by atoms with Gasteiger partial charge >= 0.3 is 5.97 Å². The molecule has 0 aliphatic carbocycles. The van der Waals surface area contributed by atoms with Crippen LogP contribution in [0.5, 0.6) is 0 Å². The molecule has 0 spiro atoms. The fourth-order valence-electron chi connectivity index (χ4n) is 2.54. The molecule has 0 radical (unpaired) electrons. The molecule has 0 aromatic carbocycles. The summed E-state index contributed by atoms with van der Waals surface area (Å²) in [5, 5.41) is 0. The van der Waals surface area contributed by atoms with Gasteiger partial charge in [-0.2, -0.15) is 0 Å². The third kappa shape index (κ3) is 2.86. The average Bonchev–Trinajstić information content (AvgIpc) is 2.48. The van der Waals surface area contributed by atoms with Crippen molar-refractivity contribution in [3.8, 4) is 0 Å². The Balaban J connectivity index is 2.19. The lowest BCUT2D eigenvalue weighted by atomic mass is 9.78. The first kappa shape index (κ1) is 14.6. The zero-order valence-corrected chi connectivity index (χ0v) is 12.5. The van der Waals surface area contributed by atoms with Crippen LogP contribution in [0.1, 0.15) is 43.6 Å². The van der Waals surface area contributed by atoms with Gasteiger partial charge in [-0.3, -0.25) is 0 Å². The summed E-state index contributed by atoms with van der Waals surface area (Å²) in [5.74, 6) is 0.271. The number of nitrogens with two attached hydrogens (primary N) is 1. The molecule has 20 heavy (non-hydrogen) atoms. The van der Waals surface area contributed by atoms with E-state index in [9.17, 15) is 4.79 Å². The van der Waals surface area contributed by atoms with Gasteiger partial charge in [0, 0.05) is 13.1 Å². The number of ether oxygens (including phenoxy) is 1. The maximum atomic E-state index is 11.6. The maximum absolute atomic E-state index is 11.6. The molecular formula is C15H23N3O2. The van der Waals surface area contributed by atoms with E-state index in [4.69, 9.17) is 10.5 Å².